The number of benzene rings is 1. The molecule has 2 N–H and O–H groups in total. The van der Waals surface area contributed by atoms with Gasteiger partial charge in [0.15, 0.2) is 11.5 Å². The Kier molecular flexibility index (Phi) is 3.06. The van der Waals surface area contributed by atoms with Crippen molar-refractivity contribution in [1.82, 2.24) is 10.6 Å². The monoisotopic (exact) mass is 262 g/mol. The molecule has 1 fully saturated rings. The van der Waals surface area contributed by atoms with Gasteiger partial charge in [0.05, 0.1) is 0 Å². The van der Waals surface area contributed by atoms with E-state index in [2.05, 4.69) is 10.6 Å². The van der Waals surface area contributed by atoms with E-state index in [4.69, 9.17) is 9.47 Å². The van der Waals surface area contributed by atoms with Crippen LogP contribution in [0.3, 0.4) is 0 Å². The summed E-state index contributed by atoms with van der Waals surface area (Å²) in [6, 6.07) is 5.27. The number of nitrogens with one attached hydrogen (secondary N) is 2. The summed E-state index contributed by atoms with van der Waals surface area (Å²) in [7, 11) is 1.94. The molecule has 3 rings (SSSR count). The summed E-state index contributed by atoms with van der Waals surface area (Å²) in [4.78, 5) is 12.1. The fourth-order valence-electron chi connectivity index (χ4n) is 2.38. The van der Waals surface area contributed by atoms with Gasteiger partial charge in [-0.1, -0.05) is 0 Å². The molecule has 19 heavy (non-hydrogen) atoms. The molecule has 0 atom stereocenters. The van der Waals surface area contributed by atoms with Crippen LogP contribution in [0.2, 0.25) is 0 Å². The highest BCUT2D eigenvalue weighted by molar-refractivity contribution is 5.95. The van der Waals surface area contributed by atoms with Crippen LogP contribution in [-0.4, -0.2) is 32.8 Å². The first-order valence-electron chi connectivity index (χ1n) is 6.55. The number of hydrogen-bond acceptors (Lipinski definition) is 4. The molecule has 1 aromatic carbocycles. The topological polar surface area (TPSA) is 59.6 Å². The van der Waals surface area contributed by atoms with Crippen molar-refractivity contribution < 1.29 is 14.3 Å². The Morgan fingerprint density at radius 3 is 2.79 bits per heavy atom. The molecule has 1 aromatic rings. The van der Waals surface area contributed by atoms with Gasteiger partial charge in [0.25, 0.3) is 5.91 Å². The van der Waals surface area contributed by atoms with E-state index in [0.717, 1.165) is 13.1 Å². The third-order valence-corrected chi connectivity index (χ3v) is 3.77. The molecule has 102 valence electrons. The standard InChI is InChI=1S/C14H18N2O3/c1-15-7-14(4-5-14)8-16-13(17)10-2-3-11-12(6-10)19-9-18-11/h2-3,6,15H,4-5,7-9H2,1H3,(H,16,17). The van der Waals surface area contributed by atoms with Crippen molar-refractivity contribution in [3.63, 3.8) is 0 Å². The lowest BCUT2D eigenvalue weighted by atomic mass is 10.1. The van der Waals surface area contributed by atoms with E-state index in [1.165, 1.54) is 12.8 Å². The highest BCUT2D eigenvalue weighted by atomic mass is 16.7. The van der Waals surface area contributed by atoms with Crippen LogP contribution < -0.4 is 20.1 Å². The summed E-state index contributed by atoms with van der Waals surface area (Å²) < 4.78 is 10.5. The molecule has 0 spiro atoms. The minimum Gasteiger partial charge on any atom is -0.454 e. The lowest BCUT2D eigenvalue weighted by molar-refractivity contribution is 0.0944. The fraction of sp³-hybridized carbons (Fsp3) is 0.500. The Labute approximate surface area is 112 Å². The largest absolute Gasteiger partial charge is 0.454 e. The number of amides is 1. The zero-order chi connectivity index (χ0) is 13.3. The molecule has 0 unspecified atom stereocenters. The molecule has 0 bridgehead atoms. The van der Waals surface area contributed by atoms with Crippen LogP contribution >= 0.6 is 0 Å². The van der Waals surface area contributed by atoms with Crippen molar-refractivity contribution in [3.8, 4) is 11.5 Å². The number of rotatable bonds is 5. The van der Waals surface area contributed by atoms with Crippen LogP contribution in [0.5, 0.6) is 11.5 Å². The maximum atomic E-state index is 12.1. The zero-order valence-corrected chi connectivity index (χ0v) is 11.0. The lowest BCUT2D eigenvalue weighted by Crippen LogP contribution is -2.34. The third-order valence-electron chi connectivity index (χ3n) is 3.77. The average molecular weight is 262 g/mol. The molecule has 0 radical (unpaired) electrons. The first-order valence-corrected chi connectivity index (χ1v) is 6.55. The van der Waals surface area contributed by atoms with E-state index < -0.39 is 0 Å². The number of fused-ring (bicyclic) bond motifs is 1. The van der Waals surface area contributed by atoms with Crippen LogP contribution in [0, 0.1) is 5.41 Å². The van der Waals surface area contributed by atoms with Gasteiger partial charge in [-0.15, -0.1) is 0 Å². The minimum atomic E-state index is -0.0549. The van der Waals surface area contributed by atoms with Crippen LogP contribution in [0.15, 0.2) is 18.2 Å². The van der Waals surface area contributed by atoms with Gasteiger partial charge in [0.1, 0.15) is 0 Å². The maximum absolute atomic E-state index is 12.1. The summed E-state index contributed by atoms with van der Waals surface area (Å²) in [6.07, 6.45) is 2.35. The van der Waals surface area contributed by atoms with Gasteiger partial charge < -0.3 is 20.1 Å². The molecule has 1 amide bonds. The Morgan fingerprint density at radius 2 is 2.05 bits per heavy atom. The number of ether oxygens (including phenoxy) is 2. The molecular formula is C14H18N2O3. The highest BCUT2D eigenvalue weighted by Gasteiger charge is 2.41. The molecule has 1 saturated carbocycles. The fourth-order valence-corrected chi connectivity index (χ4v) is 2.38. The van der Waals surface area contributed by atoms with Crippen molar-refractivity contribution in [3.05, 3.63) is 23.8 Å². The second-order valence-electron chi connectivity index (χ2n) is 5.28. The van der Waals surface area contributed by atoms with E-state index >= 15 is 0 Å². The summed E-state index contributed by atoms with van der Waals surface area (Å²) >= 11 is 0. The minimum absolute atomic E-state index is 0.0549. The van der Waals surface area contributed by atoms with Gasteiger partial charge in [0.2, 0.25) is 6.79 Å². The third kappa shape index (κ3) is 2.51. The van der Waals surface area contributed by atoms with Crippen LogP contribution in [0.4, 0.5) is 0 Å². The first kappa shape index (κ1) is 12.3. The van der Waals surface area contributed by atoms with E-state index in [0.29, 0.717) is 17.1 Å². The van der Waals surface area contributed by atoms with E-state index in [1.54, 1.807) is 18.2 Å². The SMILES string of the molecule is CNCC1(CNC(=O)c2ccc3c(c2)OCO3)CC1. The van der Waals surface area contributed by atoms with Gasteiger partial charge in [0, 0.05) is 24.1 Å². The number of carbonyl (C=O) groups excluding carboxylic acids is 1. The second-order valence-corrected chi connectivity index (χ2v) is 5.28. The van der Waals surface area contributed by atoms with Crippen molar-refractivity contribution in [2.45, 2.75) is 12.8 Å². The summed E-state index contributed by atoms with van der Waals surface area (Å²) in [6.45, 7) is 1.90. The highest BCUT2D eigenvalue weighted by Crippen LogP contribution is 2.44. The Morgan fingerprint density at radius 1 is 1.26 bits per heavy atom. The van der Waals surface area contributed by atoms with Crippen LogP contribution in [0.1, 0.15) is 23.2 Å². The van der Waals surface area contributed by atoms with Gasteiger partial charge in [-0.05, 0) is 38.1 Å². The summed E-state index contributed by atoms with van der Waals surface area (Å²) in [5.74, 6) is 1.29. The Bertz CT molecular complexity index is 497. The molecule has 1 heterocycles. The molecule has 5 nitrogen and oxygen atoms in total. The summed E-state index contributed by atoms with van der Waals surface area (Å²) in [5, 5.41) is 6.18. The zero-order valence-electron chi connectivity index (χ0n) is 11.0. The predicted molar refractivity (Wildman–Crippen MR) is 70.5 cm³/mol. The van der Waals surface area contributed by atoms with Gasteiger partial charge >= 0.3 is 0 Å². The predicted octanol–water partition coefficient (Wildman–Crippen LogP) is 1.14. The number of hydrogen-bond donors (Lipinski definition) is 2. The van der Waals surface area contributed by atoms with Crippen molar-refractivity contribution in [1.29, 1.82) is 0 Å². The summed E-state index contributed by atoms with van der Waals surface area (Å²) in [5.41, 5.74) is 0.880. The van der Waals surface area contributed by atoms with Crippen molar-refractivity contribution in [2.24, 2.45) is 5.41 Å². The van der Waals surface area contributed by atoms with Crippen molar-refractivity contribution >= 4 is 5.91 Å². The van der Waals surface area contributed by atoms with Crippen LogP contribution in [-0.2, 0) is 0 Å². The van der Waals surface area contributed by atoms with E-state index in [1.807, 2.05) is 7.05 Å². The second kappa shape index (κ2) is 4.74. The molecule has 5 heteroatoms. The lowest BCUT2D eigenvalue weighted by Gasteiger charge is -2.15. The maximum Gasteiger partial charge on any atom is 0.251 e. The number of carbonyl (C=O) groups is 1. The molecule has 1 aliphatic carbocycles. The Balaban J connectivity index is 1.61. The Hall–Kier alpha value is -1.75. The van der Waals surface area contributed by atoms with Gasteiger partial charge in [-0.3, -0.25) is 4.79 Å². The van der Waals surface area contributed by atoms with Gasteiger partial charge in [-0.25, -0.2) is 0 Å². The average Bonchev–Trinajstić information content (AvgIpc) is 3.02. The van der Waals surface area contributed by atoms with Gasteiger partial charge in [-0.2, -0.15) is 0 Å². The van der Waals surface area contributed by atoms with E-state index in [-0.39, 0.29) is 18.1 Å². The van der Waals surface area contributed by atoms with Crippen LogP contribution in [0.25, 0.3) is 0 Å². The normalized spacial score (nSPS) is 18.2. The quantitative estimate of drug-likeness (QED) is 0.835. The first-order chi connectivity index (χ1) is 9.22. The smallest absolute Gasteiger partial charge is 0.251 e. The molecule has 1 aliphatic heterocycles. The molecule has 2 aliphatic rings. The molecule has 0 aromatic heterocycles. The molecular weight excluding hydrogens is 244 g/mol. The molecule has 0 saturated heterocycles. The van der Waals surface area contributed by atoms with Crippen molar-refractivity contribution in [2.75, 3.05) is 26.9 Å². The van der Waals surface area contributed by atoms with E-state index in [9.17, 15) is 4.79 Å².